The van der Waals surface area contributed by atoms with E-state index in [-0.39, 0.29) is 34.0 Å². The summed E-state index contributed by atoms with van der Waals surface area (Å²) in [6, 6.07) is 5.52. The molecule has 5 N–H and O–H groups in total. The van der Waals surface area contributed by atoms with Crippen molar-refractivity contribution in [2.45, 2.75) is 26.2 Å². The Hall–Kier alpha value is -4.36. The number of hydrogen-bond donors (Lipinski definition) is 4. The van der Waals surface area contributed by atoms with Gasteiger partial charge in [-0.3, -0.25) is 14.7 Å². The van der Waals surface area contributed by atoms with Crippen LogP contribution in [0.2, 0.25) is 0 Å². The zero-order valence-corrected chi connectivity index (χ0v) is 22.8. The van der Waals surface area contributed by atoms with E-state index in [1.54, 1.807) is 6.07 Å². The molecule has 2 aliphatic heterocycles. The molecule has 1 aromatic heterocycles. The molecule has 2 aliphatic rings. The summed E-state index contributed by atoms with van der Waals surface area (Å²) < 4.78 is 25.4. The largest absolute Gasteiger partial charge is 0.383 e. The summed E-state index contributed by atoms with van der Waals surface area (Å²) in [4.78, 5) is 28.1. The van der Waals surface area contributed by atoms with Crippen molar-refractivity contribution in [1.29, 1.82) is 0 Å². The number of aliphatic imine (C=N–C) groups is 3. The summed E-state index contributed by atoms with van der Waals surface area (Å²) in [5.41, 5.74) is 6.79. The van der Waals surface area contributed by atoms with Gasteiger partial charge in [0.15, 0.2) is 5.82 Å². The first-order valence-electron chi connectivity index (χ1n) is 12.8. The van der Waals surface area contributed by atoms with Crippen LogP contribution in [0.15, 0.2) is 68.1 Å². The summed E-state index contributed by atoms with van der Waals surface area (Å²) in [5, 5.41) is 12.5. The second-order valence-electron chi connectivity index (χ2n) is 10.1. The molecule has 13 heteroatoms. The number of amides is 1. The van der Waals surface area contributed by atoms with Crippen LogP contribution in [0.3, 0.4) is 0 Å². The van der Waals surface area contributed by atoms with Crippen molar-refractivity contribution in [3.63, 3.8) is 0 Å². The van der Waals surface area contributed by atoms with Crippen LogP contribution in [0.4, 0.5) is 15.9 Å². The number of benzene rings is 1. The van der Waals surface area contributed by atoms with Crippen molar-refractivity contribution < 1.29 is 18.4 Å². The number of rotatable bonds is 8. The predicted octanol–water partition coefficient (Wildman–Crippen LogP) is 2.85. The molecular formula is C27H34FN9O3. The van der Waals surface area contributed by atoms with Gasteiger partial charge in [0.1, 0.15) is 28.8 Å². The quantitative estimate of drug-likeness (QED) is 0.390. The lowest BCUT2D eigenvalue weighted by atomic mass is 9.93. The fourth-order valence-electron chi connectivity index (χ4n) is 3.84. The Morgan fingerprint density at radius 2 is 2.02 bits per heavy atom. The van der Waals surface area contributed by atoms with E-state index in [2.05, 4.69) is 47.6 Å². The first-order chi connectivity index (χ1) is 19.1. The van der Waals surface area contributed by atoms with Crippen LogP contribution in [-0.2, 0) is 10.2 Å². The van der Waals surface area contributed by atoms with Crippen molar-refractivity contribution in [2.24, 2.45) is 20.7 Å². The topological polar surface area (TPSA) is 155 Å². The van der Waals surface area contributed by atoms with E-state index in [1.807, 2.05) is 20.8 Å². The van der Waals surface area contributed by atoms with Crippen LogP contribution in [0.25, 0.3) is 0 Å². The molecule has 4 rings (SSSR count). The number of guanidine groups is 1. The average molecular weight is 552 g/mol. The van der Waals surface area contributed by atoms with Crippen molar-refractivity contribution in [2.75, 3.05) is 50.0 Å². The van der Waals surface area contributed by atoms with E-state index in [9.17, 15) is 9.18 Å². The van der Waals surface area contributed by atoms with E-state index in [0.717, 1.165) is 19.6 Å². The van der Waals surface area contributed by atoms with Gasteiger partial charge in [-0.1, -0.05) is 32.5 Å². The molecule has 12 nitrogen and oxygen atoms in total. The SMILES string of the molecule is C=C/N=C1/C=NC(NCCN2CCOCC2)=N/C1=C(/N)Nc1cc(C(=O)Nc2cc(C(C)(C)C)on2)ccc1F. The van der Waals surface area contributed by atoms with Crippen molar-refractivity contribution in [3.05, 3.63) is 65.7 Å². The number of aromatic nitrogens is 1. The number of hydrogen-bond acceptors (Lipinski definition) is 11. The third-order valence-corrected chi connectivity index (χ3v) is 6.06. The van der Waals surface area contributed by atoms with E-state index in [1.165, 1.54) is 30.6 Å². The minimum absolute atomic E-state index is 0.0157. The summed E-state index contributed by atoms with van der Waals surface area (Å²) >= 11 is 0. The van der Waals surface area contributed by atoms with E-state index >= 15 is 0 Å². The summed E-state index contributed by atoms with van der Waals surface area (Å²) in [6.07, 6.45) is 2.83. The molecule has 0 aliphatic carbocycles. The Morgan fingerprint density at radius 3 is 2.73 bits per heavy atom. The Balaban J connectivity index is 1.49. The number of nitrogens with zero attached hydrogens (tertiary/aromatic N) is 5. The molecular weight excluding hydrogens is 517 g/mol. The predicted molar refractivity (Wildman–Crippen MR) is 153 cm³/mol. The fourth-order valence-corrected chi connectivity index (χ4v) is 3.84. The molecule has 0 radical (unpaired) electrons. The van der Waals surface area contributed by atoms with Crippen LogP contribution in [0.1, 0.15) is 36.9 Å². The first-order valence-corrected chi connectivity index (χ1v) is 12.8. The number of carbonyl (C=O) groups is 1. The number of allylic oxidation sites excluding steroid dienone is 1. The highest BCUT2D eigenvalue weighted by Gasteiger charge is 2.21. The number of carbonyl (C=O) groups excluding carboxylic acids is 1. The molecule has 0 bridgehead atoms. The third-order valence-electron chi connectivity index (χ3n) is 6.06. The van der Waals surface area contributed by atoms with E-state index in [4.69, 9.17) is 15.0 Å². The minimum Gasteiger partial charge on any atom is -0.383 e. The summed E-state index contributed by atoms with van der Waals surface area (Å²) in [6.45, 7) is 14.1. The van der Waals surface area contributed by atoms with Gasteiger partial charge in [-0.25, -0.2) is 14.4 Å². The van der Waals surface area contributed by atoms with Gasteiger partial charge in [0.05, 0.1) is 25.1 Å². The molecule has 0 unspecified atom stereocenters. The van der Waals surface area contributed by atoms with Crippen LogP contribution < -0.4 is 21.7 Å². The fraction of sp³-hybridized carbons (Fsp3) is 0.370. The van der Waals surface area contributed by atoms with Gasteiger partial charge >= 0.3 is 0 Å². The molecule has 2 aromatic rings. The number of morpholine rings is 1. The Morgan fingerprint density at radius 1 is 1.25 bits per heavy atom. The Bertz CT molecular complexity index is 1370. The van der Waals surface area contributed by atoms with Gasteiger partial charge in [-0.15, -0.1) is 0 Å². The Kier molecular flexibility index (Phi) is 9.07. The molecule has 212 valence electrons. The lowest BCUT2D eigenvalue weighted by molar-refractivity contribution is 0.0389. The highest BCUT2D eigenvalue weighted by Crippen LogP contribution is 2.25. The number of nitrogens with two attached hydrogens (primary N) is 1. The molecule has 40 heavy (non-hydrogen) atoms. The maximum Gasteiger partial charge on any atom is 0.256 e. The number of ether oxygens (including phenoxy) is 1. The maximum atomic E-state index is 14.8. The van der Waals surface area contributed by atoms with Gasteiger partial charge in [-0.05, 0) is 18.2 Å². The van der Waals surface area contributed by atoms with Crippen molar-refractivity contribution in [1.82, 2.24) is 15.4 Å². The monoisotopic (exact) mass is 551 g/mol. The molecule has 1 amide bonds. The minimum atomic E-state index is -0.615. The maximum absolute atomic E-state index is 14.8. The normalized spacial score (nSPS) is 18.3. The molecule has 1 aromatic carbocycles. The highest BCUT2D eigenvalue weighted by molar-refractivity contribution is 6.41. The highest BCUT2D eigenvalue weighted by atomic mass is 19.1. The van der Waals surface area contributed by atoms with Crippen LogP contribution in [-0.4, -0.2) is 73.2 Å². The number of nitrogens with one attached hydrogen (secondary N) is 3. The van der Waals surface area contributed by atoms with Gasteiger partial charge in [0, 0.05) is 49.4 Å². The molecule has 0 atom stereocenters. The second-order valence-corrected chi connectivity index (χ2v) is 10.1. The number of halogens is 1. The van der Waals surface area contributed by atoms with Crippen LogP contribution in [0, 0.1) is 5.82 Å². The average Bonchev–Trinajstić information content (AvgIpc) is 3.40. The molecule has 3 heterocycles. The van der Waals surface area contributed by atoms with E-state index < -0.39 is 11.7 Å². The zero-order chi connectivity index (χ0) is 28.7. The van der Waals surface area contributed by atoms with Gasteiger partial charge in [0.25, 0.3) is 5.91 Å². The van der Waals surface area contributed by atoms with Gasteiger partial charge < -0.3 is 30.9 Å². The van der Waals surface area contributed by atoms with Crippen molar-refractivity contribution >= 4 is 35.3 Å². The number of anilines is 2. The lowest BCUT2D eigenvalue weighted by Crippen LogP contribution is -2.41. The second kappa shape index (κ2) is 12.7. The third kappa shape index (κ3) is 7.39. The van der Waals surface area contributed by atoms with E-state index in [0.29, 0.717) is 37.2 Å². The first kappa shape index (κ1) is 28.6. The molecule has 1 fully saturated rings. The Labute approximate surface area is 232 Å². The van der Waals surface area contributed by atoms with Crippen molar-refractivity contribution in [3.8, 4) is 0 Å². The smallest absolute Gasteiger partial charge is 0.256 e. The molecule has 0 spiro atoms. The molecule has 0 saturated carbocycles. The summed E-state index contributed by atoms with van der Waals surface area (Å²) in [5.74, 6) is 0.119. The van der Waals surface area contributed by atoms with Gasteiger partial charge in [-0.2, -0.15) is 0 Å². The molecule has 1 saturated heterocycles. The standard InChI is InChI=1S/C27H34FN9O3/c1-5-30-20-16-32-26(31-8-9-37-10-12-39-13-11-37)35-23(20)24(29)33-19-14-17(6-7-18(19)28)25(38)34-22-15-21(40-36-22)27(2,3)4/h5-7,14-16,33H,1,8-13,29H2,2-4H3,(H,31,35)(H,34,36,38)/b24-23-,30-20-. The summed E-state index contributed by atoms with van der Waals surface area (Å²) in [7, 11) is 0. The zero-order valence-electron chi connectivity index (χ0n) is 22.8. The van der Waals surface area contributed by atoms with Crippen LogP contribution in [0.5, 0.6) is 0 Å². The van der Waals surface area contributed by atoms with Crippen LogP contribution >= 0.6 is 0 Å². The lowest BCUT2D eigenvalue weighted by Gasteiger charge is -2.26. The van der Waals surface area contributed by atoms with Gasteiger partial charge in [0.2, 0.25) is 5.96 Å².